The highest BCUT2D eigenvalue weighted by Gasteiger charge is 2.32. The van der Waals surface area contributed by atoms with Crippen molar-refractivity contribution in [2.24, 2.45) is 0 Å². The molecule has 1 aromatic rings. The molecule has 0 radical (unpaired) electrons. The number of rotatable bonds is 6. The third-order valence-corrected chi connectivity index (χ3v) is 3.01. The van der Waals surface area contributed by atoms with E-state index in [-0.39, 0.29) is 5.91 Å². The van der Waals surface area contributed by atoms with E-state index in [9.17, 15) is 4.79 Å². The van der Waals surface area contributed by atoms with E-state index in [4.69, 9.17) is 9.15 Å². The summed E-state index contributed by atoms with van der Waals surface area (Å²) in [6.07, 6.45) is 0. The third kappa shape index (κ3) is 3.45. The first-order valence-electron chi connectivity index (χ1n) is 6.91. The van der Waals surface area contributed by atoms with Gasteiger partial charge in [-0.15, -0.1) is 5.10 Å². The van der Waals surface area contributed by atoms with Gasteiger partial charge in [0.05, 0.1) is 19.8 Å². The average molecular weight is 283 g/mol. The number of hydrogen-bond donors (Lipinski definition) is 2. The van der Waals surface area contributed by atoms with Gasteiger partial charge in [-0.25, -0.2) is 0 Å². The summed E-state index contributed by atoms with van der Waals surface area (Å²) in [5, 5.41) is 13.9. The minimum Gasteiger partial charge on any atom is -0.407 e. The summed E-state index contributed by atoms with van der Waals surface area (Å²) in [5.41, 5.74) is 0. The highest BCUT2D eigenvalue weighted by molar-refractivity contribution is 5.84. The standard InChI is InChI=1S/C12H21N5O3/c1-3-13-7-10-15-16-12(20-10)17-5-6-19-8-9(17)11(18)14-4-2/h9,13H,3-8H2,1-2H3,(H,14,18). The number of amides is 1. The molecule has 0 aromatic carbocycles. The Hall–Kier alpha value is -1.67. The fraction of sp³-hybridized carbons (Fsp3) is 0.750. The summed E-state index contributed by atoms with van der Waals surface area (Å²) in [5.74, 6) is 0.432. The van der Waals surface area contributed by atoms with Gasteiger partial charge in [0.1, 0.15) is 6.04 Å². The number of ether oxygens (including phenoxy) is 1. The van der Waals surface area contributed by atoms with Crippen LogP contribution in [0.5, 0.6) is 0 Å². The van der Waals surface area contributed by atoms with Crippen molar-refractivity contribution < 1.29 is 13.9 Å². The SMILES string of the molecule is CCNCc1nnc(N2CCOCC2C(=O)NCC)o1. The second kappa shape index (κ2) is 7.20. The van der Waals surface area contributed by atoms with Crippen LogP contribution in [0.4, 0.5) is 6.01 Å². The van der Waals surface area contributed by atoms with Crippen LogP contribution in [0.25, 0.3) is 0 Å². The second-order valence-electron chi connectivity index (χ2n) is 4.44. The lowest BCUT2D eigenvalue weighted by Crippen LogP contribution is -2.54. The van der Waals surface area contributed by atoms with Crippen molar-refractivity contribution in [1.82, 2.24) is 20.8 Å². The molecule has 0 saturated carbocycles. The van der Waals surface area contributed by atoms with Gasteiger partial charge in [-0.05, 0) is 13.5 Å². The molecule has 1 unspecified atom stereocenters. The minimum atomic E-state index is -0.420. The molecule has 0 spiro atoms. The predicted molar refractivity (Wildman–Crippen MR) is 72.3 cm³/mol. The molecular formula is C12H21N5O3. The molecular weight excluding hydrogens is 262 g/mol. The third-order valence-electron chi connectivity index (χ3n) is 3.01. The summed E-state index contributed by atoms with van der Waals surface area (Å²) in [6.45, 7) is 7.26. The van der Waals surface area contributed by atoms with Gasteiger partial charge in [-0.3, -0.25) is 4.79 Å². The van der Waals surface area contributed by atoms with Crippen molar-refractivity contribution >= 4 is 11.9 Å². The zero-order valence-electron chi connectivity index (χ0n) is 11.9. The molecule has 2 rings (SSSR count). The highest BCUT2D eigenvalue weighted by atomic mass is 16.5. The van der Waals surface area contributed by atoms with Crippen LogP contribution in [-0.4, -0.2) is 55.0 Å². The van der Waals surface area contributed by atoms with Crippen LogP contribution in [0.3, 0.4) is 0 Å². The molecule has 2 heterocycles. The maximum atomic E-state index is 12.0. The van der Waals surface area contributed by atoms with Gasteiger partial charge in [-0.1, -0.05) is 12.0 Å². The van der Waals surface area contributed by atoms with Crippen molar-refractivity contribution in [3.05, 3.63) is 5.89 Å². The maximum Gasteiger partial charge on any atom is 0.319 e. The summed E-state index contributed by atoms with van der Waals surface area (Å²) in [7, 11) is 0. The Balaban J connectivity index is 2.07. The molecule has 20 heavy (non-hydrogen) atoms. The molecule has 1 aliphatic rings. The molecule has 0 aliphatic carbocycles. The van der Waals surface area contributed by atoms with Crippen LogP contribution in [0.2, 0.25) is 0 Å². The van der Waals surface area contributed by atoms with Crippen molar-refractivity contribution in [3.8, 4) is 0 Å². The first kappa shape index (κ1) is 14.7. The molecule has 112 valence electrons. The predicted octanol–water partition coefficient (Wildman–Crippen LogP) is -0.480. The molecule has 0 bridgehead atoms. The normalized spacial score (nSPS) is 19.1. The molecule has 1 saturated heterocycles. The van der Waals surface area contributed by atoms with Crippen molar-refractivity contribution in [2.75, 3.05) is 37.7 Å². The zero-order valence-corrected chi connectivity index (χ0v) is 11.9. The molecule has 1 amide bonds. The first-order chi connectivity index (χ1) is 9.76. The van der Waals surface area contributed by atoms with Gasteiger partial charge in [0.15, 0.2) is 0 Å². The summed E-state index contributed by atoms with van der Waals surface area (Å²) in [6, 6.07) is -0.0476. The van der Waals surface area contributed by atoms with Gasteiger partial charge in [0, 0.05) is 13.1 Å². The Bertz CT molecular complexity index is 436. The lowest BCUT2D eigenvalue weighted by Gasteiger charge is -2.32. The molecule has 1 aromatic heterocycles. The van der Waals surface area contributed by atoms with Gasteiger partial charge in [0.25, 0.3) is 0 Å². The molecule has 1 atom stereocenters. The monoisotopic (exact) mass is 283 g/mol. The summed E-state index contributed by atoms with van der Waals surface area (Å²) >= 11 is 0. The number of nitrogens with zero attached hydrogens (tertiary/aromatic N) is 3. The van der Waals surface area contributed by atoms with Crippen LogP contribution in [-0.2, 0) is 16.1 Å². The Kier molecular flexibility index (Phi) is 5.31. The number of carbonyl (C=O) groups is 1. The molecule has 1 fully saturated rings. The van der Waals surface area contributed by atoms with Gasteiger partial charge in [0.2, 0.25) is 11.8 Å². The van der Waals surface area contributed by atoms with Crippen LogP contribution in [0.1, 0.15) is 19.7 Å². The Morgan fingerprint density at radius 3 is 3.00 bits per heavy atom. The van der Waals surface area contributed by atoms with Crippen molar-refractivity contribution in [3.63, 3.8) is 0 Å². The topological polar surface area (TPSA) is 92.5 Å². The van der Waals surface area contributed by atoms with Crippen molar-refractivity contribution in [2.45, 2.75) is 26.4 Å². The van der Waals surface area contributed by atoms with Crippen LogP contribution in [0, 0.1) is 0 Å². The Morgan fingerprint density at radius 1 is 1.40 bits per heavy atom. The largest absolute Gasteiger partial charge is 0.407 e. The van der Waals surface area contributed by atoms with E-state index in [1.807, 2.05) is 13.8 Å². The molecule has 1 aliphatic heterocycles. The minimum absolute atomic E-state index is 0.0846. The number of carbonyl (C=O) groups excluding carboxylic acids is 1. The molecule has 8 heteroatoms. The number of hydrogen-bond acceptors (Lipinski definition) is 7. The average Bonchev–Trinajstić information content (AvgIpc) is 2.94. The number of likely N-dealkylation sites (N-methyl/N-ethyl adjacent to an activating group) is 1. The molecule has 8 nitrogen and oxygen atoms in total. The number of nitrogens with one attached hydrogen (secondary N) is 2. The van der Waals surface area contributed by atoms with E-state index in [2.05, 4.69) is 20.8 Å². The number of morpholine rings is 1. The zero-order chi connectivity index (χ0) is 14.4. The van der Waals surface area contributed by atoms with E-state index >= 15 is 0 Å². The van der Waals surface area contributed by atoms with Crippen LogP contribution >= 0.6 is 0 Å². The Morgan fingerprint density at radius 2 is 2.25 bits per heavy atom. The van der Waals surface area contributed by atoms with E-state index < -0.39 is 6.04 Å². The van der Waals surface area contributed by atoms with Gasteiger partial charge in [-0.2, -0.15) is 0 Å². The highest BCUT2D eigenvalue weighted by Crippen LogP contribution is 2.18. The van der Waals surface area contributed by atoms with E-state index in [1.165, 1.54) is 0 Å². The second-order valence-corrected chi connectivity index (χ2v) is 4.44. The summed E-state index contributed by atoms with van der Waals surface area (Å²) in [4.78, 5) is 13.8. The van der Waals surface area contributed by atoms with E-state index in [0.29, 0.717) is 44.8 Å². The van der Waals surface area contributed by atoms with E-state index in [1.54, 1.807) is 4.90 Å². The number of aromatic nitrogens is 2. The van der Waals surface area contributed by atoms with E-state index in [0.717, 1.165) is 6.54 Å². The fourth-order valence-electron chi connectivity index (χ4n) is 2.01. The van der Waals surface area contributed by atoms with Gasteiger partial charge >= 0.3 is 6.01 Å². The van der Waals surface area contributed by atoms with Crippen LogP contribution < -0.4 is 15.5 Å². The fourth-order valence-corrected chi connectivity index (χ4v) is 2.01. The summed E-state index contributed by atoms with van der Waals surface area (Å²) < 4.78 is 11.0. The Labute approximate surface area is 117 Å². The van der Waals surface area contributed by atoms with Crippen LogP contribution in [0.15, 0.2) is 4.42 Å². The van der Waals surface area contributed by atoms with Crippen molar-refractivity contribution in [1.29, 1.82) is 0 Å². The van der Waals surface area contributed by atoms with Gasteiger partial charge < -0.3 is 24.7 Å². The first-order valence-corrected chi connectivity index (χ1v) is 6.91. The smallest absolute Gasteiger partial charge is 0.319 e. The lowest BCUT2D eigenvalue weighted by molar-refractivity contribution is -0.124. The quantitative estimate of drug-likeness (QED) is 0.728. The lowest BCUT2D eigenvalue weighted by atomic mass is 10.2. The molecule has 2 N–H and O–H groups in total. The number of anilines is 1. The maximum absolute atomic E-state index is 12.0.